The molecule has 0 saturated heterocycles. The molecule has 0 saturated carbocycles. The summed E-state index contributed by atoms with van der Waals surface area (Å²) in [6.45, 7) is 1.83. The van der Waals surface area contributed by atoms with Gasteiger partial charge in [-0.15, -0.1) is 0 Å². The van der Waals surface area contributed by atoms with Crippen LogP contribution in [0.4, 0.5) is 5.69 Å². The van der Waals surface area contributed by atoms with E-state index in [4.69, 9.17) is 0 Å². The normalized spacial score (nSPS) is 17.5. The summed E-state index contributed by atoms with van der Waals surface area (Å²) >= 11 is 0. The third kappa shape index (κ3) is 3.36. The minimum atomic E-state index is -1.15. The van der Waals surface area contributed by atoms with Crippen molar-refractivity contribution < 1.29 is 13.8 Å². The number of amides is 2. The first-order valence-electron chi connectivity index (χ1n) is 8.89. The fraction of sp³-hybridized carbons (Fsp3) is 0.250. The van der Waals surface area contributed by atoms with E-state index in [0.29, 0.717) is 30.6 Å². The standard InChI is InChI=1S/C20H19N3O3S/c24-19-15-6-1-2-7-16(15)20(25)23(19)12-4-10-21-11-9-14-5-3-8-17-18(14)27(26)13-22-17/h1-3,5-8,13,21H,4,9-12H2. The van der Waals surface area contributed by atoms with Gasteiger partial charge < -0.3 is 5.32 Å². The summed E-state index contributed by atoms with van der Waals surface area (Å²) in [7, 11) is -1.15. The lowest BCUT2D eigenvalue weighted by Gasteiger charge is -2.14. The largest absolute Gasteiger partial charge is 0.316 e. The Balaban J connectivity index is 1.24. The van der Waals surface area contributed by atoms with Crippen LogP contribution in [-0.4, -0.2) is 46.1 Å². The van der Waals surface area contributed by atoms with Crippen LogP contribution < -0.4 is 5.32 Å². The van der Waals surface area contributed by atoms with Crippen molar-refractivity contribution in [3.05, 3.63) is 59.2 Å². The maximum absolute atomic E-state index is 12.3. The van der Waals surface area contributed by atoms with Crippen LogP contribution in [-0.2, 0) is 17.2 Å². The zero-order valence-electron chi connectivity index (χ0n) is 14.7. The highest BCUT2D eigenvalue weighted by Crippen LogP contribution is 2.30. The Hall–Kier alpha value is -2.64. The summed E-state index contributed by atoms with van der Waals surface area (Å²) in [5, 5.41) is 3.33. The molecule has 1 atom stereocenters. The van der Waals surface area contributed by atoms with Crippen molar-refractivity contribution >= 4 is 33.8 Å². The Bertz CT molecular complexity index is 936. The van der Waals surface area contributed by atoms with Gasteiger partial charge in [-0.3, -0.25) is 14.5 Å². The molecule has 2 aliphatic heterocycles. The van der Waals surface area contributed by atoms with E-state index in [-0.39, 0.29) is 11.8 Å². The van der Waals surface area contributed by atoms with Crippen LogP contribution in [0.15, 0.2) is 52.4 Å². The first kappa shape index (κ1) is 17.8. The fourth-order valence-electron chi connectivity index (χ4n) is 3.41. The second-order valence-electron chi connectivity index (χ2n) is 6.46. The van der Waals surface area contributed by atoms with Crippen molar-refractivity contribution in [3.8, 4) is 0 Å². The Kier molecular flexibility index (Phi) is 4.96. The molecular weight excluding hydrogens is 362 g/mol. The highest BCUT2D eigenvalue weighted by atomic mass is 32.2. The summed E-state index contributed by atoms with van der Waals surface area (Å²) in [6.07, 6.45) is 1.44. The van der Waals surface area contributed by atoms with E-state index in [2.05, 4.69) is 10.3 Å². The highest BCUT2D eigenvalue weighted by Gasteiger charge is 2.34. The van der Waals surface area contributed by atoms with E-state index in [1.807, 2.05) is 18.2 Å². The maximum atomic E-state index is 12.3. The number of hydrogen-bond acceptors (Lipinski definition) is 5. The molecule has 6 nitrogen and oxygen atoms in total. The lowest BCUT2D eigenvalue weighted by Crippen LogP contribution is -2.32. The molecule has 7 heteroatoms. The first-order valence-corrected chi connectivity index (χ1v) is 10.1. The summed E-state index contributed by atoms with van der Waals surface area (Å²) in [6, 6.07) is 12.7. The number of benzene rings is 2. The number of carbonyl (C=O) groups excluding carboxylic acids is 2. The van der Waals surface area contributed by atoms with E-state index in [9.17, 15) is 13.8 Å². The first-order chi connectivity index (χ1) is 13.2. The van der Waals surface area contributed by atoms with Gasteiger partial charge >= 0.3 is 0 Å². The second kappa shape index (κ2) is 7.54. The van der Waals surface area contributed by atoms with Crippen molar-refractivity contribution in [1.29, 1.82) is 0 Å². The Morgan fingerprint density at radius 1 is 0.963 bits per heavy atom. The molecule has 27 heavy (non-hydrogen) atoms. The van der Waals surface area contributed by atoms with Crippen molar-refractivity contribution in [3.63, 3.8) is 0 Å². The number of imide groups is 1. The Labute approximate surface area is 159 Å². The molecule has 0 aliphatic carbocycles. The lowest BCUT2D eigenvalue weighted by molar-refractivity contribution is 0.0652. The number of hydrogen-bond donors (Lipinski definition) is 1. The zero-order chi connectivity index (χ0) is 18.8. The maximum Gasteiger partial charge on any atom is 0.261 e. The quantitative estimate of drug-likeness (QED) is 0.590. The van der Waals surface area contributed by atoms with Crippen LogP contribution in [0.2, 0.25) is 0 Å². The number of nitrogens with one attached hydrogen (secondary N) is 1. The monoisotopic (exact) mass is 381 g/mol. The molecule has 0 spiro atoms. The van der Waals surface area contributed by atoms with Crippen LogP contribution in [0.1, 0.15) is 32.7 Å². The van der Waals surface area contributed by atoms with Gasteiger partial charge in [0.05, 0.1) is 38.1 Å². The third-order valence-corrected chi connectivity index (χ3v) is 5.92. The van der Waals surface area contributed by atoms with Gasteiger partial charge in [0.1, 0.15) is 0 Å². The van der Waals surface area contributed by atoms with Gasteiger partial charge in [-0.25, -0.2) is 9.20 Å². The SMILES string of the molecule is O=C1c2ccccc2C(=O)N1CCCNCCc1cccc2c1S(=O)C=N2. The van der Waals surface area contributed by atoms with Crippen LogP contribution in [0.3, 0.4) is 0 Å². The van der Waals surface area contributed by atoms with Gasteiger partial charge in [-0.1, -0.05) is 24.3 Å². The van der Waals surface area contributed by atoms with Crippen LogP contribution in [0.25, 0.3) is 0 Å². The van der Waals surface area contributed by atoms with E-state index in [1.54, 1.807) is 24.3 Å². The number of rotatable bonds is 7. The molecule has 138 valence electrons. The second-order valence-corrected chi connectivity index (χ2v) is 7.67. The summed E-state index contributed by atoms with van der Waals surface area (Å²) in [4.78, 5) is 30.9. The predicted molar refractivity (Wildman–Crippen MR) is 104 cm³/mol. The average Bonchev–Trinajstić information content (AvgIpc) is 3.18. The minimum absolute atomic E-state index is 0.210. The van der Waals surface area contributed by atoms with Crippen molar-refractivity contribution in [2.24, 2.45) is 4.99 Å². The molecule has 1 N–H and O–H groups in total. The molecule has 2 amide bonds. The summed E-state index contributed by atoms with van der Waals surface area (Å²) < 4.78 is 12.0. The molecule has 1 unspecified atom stereocenters. The molecule has 2 aromatic rings. The van der Waals surface area contributed by atoms with E-state index >= 15 is 0 Å². The number of aliphatic imine (C=N–C) groups is 1. The van der Waals surface area contributed by atoms with Gasteiger partial charge in [0.2, 0.25) is 0 Å². The van der Waals surface area contributed by atoms with E-state index < -0.39 is 10.8 Å². The zero-order valence-corrected chi connectivity index (χ0v) is 15.5. The lowest BCUT2D eigenvalue weighted by atomic mass is 10.1. The molecule has 2 aromatic carbocycles. The van der Waals surface area contributed by atoms with E-state index in [0.717, 1.165) is 29.1 Å². The van der Waals surface area contributed by atoms with E-state index in [1.165, 1.54) is 10.4 Å². The Morgan fingerprint density at radius 3 is 2.44 bits per heavy atom. The predicted octanol–water partition coefficient (Wildman–Crippen LogP) is 2.29. The van der Waals surface area contributed by atoms with Gasteiger partial charge in [0, 0.05) is 6.54 Å². The topological polar surface area (TPSA) is 78.8 Å². The fourth-order valence-corrected chi connectivity index (χ4v) is 4.48. The molecule has 0 bridgehead atoms. The molecule has 0 radical (unpaired) electrons. The summed E-state index contributed by atoms with van der Waals surface area (Å²) in [5.74, 6) is -0.421. The van der Waals surface area contributed by atoms with Crippen molar-refractivity contribution in [2.45, 2.75) is 17.7 Å². The van der Waals surface area contributed by atoms with Crippen LogP contribution in [0.5, 0.6) is 0 Å². The van der Waals surface area contributed by atoms with Crippen LogP contribution in [0, 0.1) is 0 Å². The van der Waals surface area contributed by atoms with Gasteiger partial charge in [0.25, 0.3) is 11.8 Å². The molecule has 4 rings (SSSR count). The van der Waals surface area contributed by atoms with Crippen LogP contribution >= 0.6 is 0 Å². The minimum Gasteiger partial charge on any atom is -0.316 e. The molecule has 0 fully saturated rings. The third-order valence-electron chi connectivity index (χ3n) is 4.75. The average molecular weight is 381 g/mol. The summed E-state index contributed by atoms with van der Waals surface area (Å²) in [5.41, 5.74) is 4.28. The smallest absolute Gasteiger partial charge is 0.261 e. The van der Waals surface area contributed by atoms with Crippen molar-refractivity contribution in [2.75, 3.05) is 19.6 Å². The van der Waals surface area contributed by atoms with Gasteiger partial charge in [-0.2, -0.15) is 0 Å². The number of nitrogens with zero attached hydrogens (tertiary/aromatic N) is 2. The Morgan fingerprint density at radius 2 is 1.70 bits per heavy atom. The number of fused-ring (bicyclic) bond motifs is 2. The molecule has 2 heterocycles. The van der Waals surface area contributed by atoms with Gasteiger partial charge in [0.15, 0.2) is 0 Å². The van der Waals surface area contributed by atoms with Crippen molar-refractivity contribution in [1.82, 2.24) is 10.2 Å². The molecular formula is C20H19N3O3S. The number of carbonyl (C=O) groups is 2. The van der Waals surface area contributed by atoms with Gasteiger partial charge in [-0.05, 0) is 49.7 Å². The molecule has 2 aliphatic rings. The highest BCUT2D eigenvalue weighted by molar-refractivity contribution is 7.99. The molecule has 0 aromatic heterocycles.